The van der Waals surface area contributed by atoms with Gasteiger partial charge in [-0.25, -0.2) is 0 Å². The average molecular weight is 274 g/mol. The highest BCUT2D eigenvalue weighted by Crippen LogP contribution is 2.29. The summed E-state index contributed by atoms with van der Waals surface area (Å²) in [5.41, 5.74) is 3.18. The summed E-state index contributed by atoms with van der Waals surface area (Å²) in [4.78, 5) is 2.58. The second-order valence-electron chi connectivity index (χ2n) is 7.58. The minimum absolute atomic E-state index is 0.210. The molecule has 0 amide bonds. The minimum atomic E-state index is 0.210. The van der Waals surface area contributed by atoms with Crippen LogP contribution in [0.1, 0.15) is 40.2 Å². The Hall–Kier alpha value is -1.02. The van der Waals surface area contributed by atoms with Crippen LogP contribution in [-0.2, 0) is 6.42 Å². The van der Waals surface area contributed by atoms with Crippen LogP contribution in [0, 0.1) is 11.8 Å². The maximum absolute atomic E-state index is 3.62. The van der Waals surface area contributed by atoms with Crippen molar-refractivity contribution in [1.82, 2.24) is 5.32 Å². The monoisotopic (exact) mass is 274 g/mol. The van der Waals surface area contributed by atoms with Crippen LogP contribution < -0.4 is 10.2 Å². The second-order valence-corrected chi connectivity index (χ2v) is 7.58. The van der Waals surface area contributed by atoms with E-state index in [0.29, 0.717) is 5.92 Å². The number of fused-ring (bicyclic) bond motifs is 1. The van der Waals surface area contributed by atoms with Crippen LogP contribution in [0.2, 0.25) is 0 Å². The van der Waals surface area contributed by atoms with Crippen molar-refractivity contribution in [2.24, 2.45) is 11.8 Å². The van der Waals surface area contributed by atoms with Crippen molar-refractivity contribution in [2.75, 3.05) is 24.5 Å². The third-order valence-electron chi connectivity index (χ3n) is 3.95. The fourth-order valence-electron chi connectivity index (χ4n) is 3.00. The third kappa shape index (κ3) is 4.24. The van der Waals surface area contributed by atoms with E-state index in [4.69, 9.17) is 0 Å². The van der Waals surface area contributed by atoms with E-state index in [0.717, 1.165) is 19.0 Å². The smallest absolute Gasteiger partial charge is 0.0399 e. The first-order valence-electron chi connectivity index (χ1n) is 7.93. The summed E-state index contributed by atoms with van der Waals surface area (Å²) in [6.07, 6.45) is 1.22. The predicted octanol–water partition coefficient (Wildman–Crippen LogP) is 3.71. The summed E-state index contributed by atoms with van der Waals surface area (Å²) in [7, 11) is 0. The van der Waals surface area contributed by atoms with Gasteiger partial charge in [-0.1, -0.05) is 32.0 Å². The van der Waals surface area contributed by atoms with Crippen molar-refractivity contribution >= 4 is 5.69 Å². The highest BCUT2D eigenvalue weighted by molar-refractivity contribution is 5.55. The molecule has 112 valence electrons. The van der Waals surface area contributed by atoms with Crippen molar-refractivity contribution in [1.29, 1.82) is 0 Å². The van der Waals surface area contributed by atoms with E-state index < -0.39 is 0 Å². The number of nitrogens with zero attached hydrogens (tertiary/aromatic N) is 1. The quantitative estimate of drug-likeness (QED) is 0.900. The lowest BCUT2D eigenvalue weighted by molar-refractivity contribution is 0.376. The van der Waals surface area contributed by atoms with Gasteiger partial charge in [0.2, 0.25) is 0 Å². The van der Waals surface area contributed by atoms with Gasteiger partial charge in [0.1, 0.15) is 0 Å². The molecule has 0 spiro atoms. The van der Waals surface area contributed by atoms with E-state index in [-0.39, 0.29) is 5.54 Å². The zero-order valence-electron chi connectivity index (χ0n) is 13.7. The summed E-state index contributed by atoms with van der Waals surface area (Å²) in [5, 5.41) is 3.62. The lowest BCUT2D eigenvalue weighted by Gasteiger charge is -2.37. The topological polar surface area (TPSA) is 15.3 Å². The average Bonchev–Trinajstić information content (AvgIpc) is 2.35. The van der Waals surface area contributed by atoms with E-state index in [2.05, 4.69) is 69.1 Å². The van der Waals surface area contributed by atoms with E-state index in [1.807, 2.05) is 0 Å². The first-order valence-corrected chi connectivity index (χ1v) is 7.93. The first kappa shape index (κ1) is 15.4. The van der Waals surface area contributed by atoms with Crippen molar-refractivity contribution in [3.05, 3.63) is 29.8 Å². The Balaban J connectivity index is 1.99. The van der Waals surface area contributed by atoms with Gasteiger partial charge in [0.25, 0.3) is 0 Å². The Bertz CT molecular complexity index is 433. The van der Waals surface area contributed by atoms with E-state index >= 15 is 0 Å². The SMILES string of the molecule is CC(CNC(C)(C)C)CN1CC(C)Cc2ccccc21. The number of anilines is 1. The number of rotatable bonds is 4. The van der Waals surface area contributed by atoms with Gasteiger partial charge in [0, 0.05) is 24.3 Å². The Morgan fingerprint density at radius 3 is 2.70 bits per heavy atom. The Morgan fingerprint density at radius 1 is 1.30 bits per heavy atom. The van der Waals surface area contributed by atoms with Gasteiger partial charge in [-0.3, -0.25) is 0 Å². The standard InChI is InChI=1S/C18H30N2/c1-14-10-16-8-6-7-9-17(16)20(12-14)13-15(2)11-19-18(3,4)5/h6-9,14-15,19H,10-13H2,1-5H3. The zero-order chi connectivity index (χ0) is 14.8. The van der Waals surface area contributed by atoms with Crippen LogP contribution in [0.5, 0.6) is 0 Å². The van der Waals surface area contributed by atoms with Crippen molar-refractivity contribution < 1.29 is 0 Å². The molecule has 0 aromatic heterocycles. The van der Waals surface area contributed by atoms with Crippen molar-refractivity contribution in [3.63, 3.8) is 0 Å². The maximum atomic E-state index is 3.62. The number of hydrogen-bond acceptors (Lipinski definition) is 2. The zero-order valence-corrected chi connectivity index (χ0v) is 13.7. The number of benzene rings is 1. The van der Waals surface area contributed by atoms with Gasteiger partial charge >= 0.3 is 0 Å². The molecule has 0 bridgehead atoms. The molecule has 1 aliphatic heterocycles. The molecule has 20 heavy (non-hydrogen) atoms. The van der Waals surface area contributed by atoms with Crippen LogP contribution in [0.3, 0.4) is 0 Å². The molecule has 2 heteroatoms. The third-order valence-corrected chi connectivity index (χ3v) is 3.95. The number of nitrogens with one attached hydrogen (secondary N) is 1. The van der Waals surface area contributed by atoms with Crippen LogP contribution in [0.4, 0.5) is 5.69 Å². The molecule has 1 aromatic carbocycles. The van der Waals surface area contributed by atoms with Gasteiger partial charge in [0.15, 0.2) is 0 Å². The molecule has 1 aliphatic rings. The van der Waals surface area contributed by atoms with Gasteiger partial charge in [0.05, 0.1) is 0 Å². The molecule has 2 nitrogen and oxygen atoms in total. The van der Waals surface area contributed by atoms with Crippen LogP contribution in [-0.4, -0.2) is 25.2 Å². The molecule has 1 heterocycles. The van der Waals surface area contributed by atoms with Crippen molar-refractivity contribution in [3.8, 4) is 0 Å². The molecule has 0 fully saturated rings. The molecule has 1 N–H and O–H groups in total. The lowest BCUT2D eigenvalue weighted by atomic mass is 9.93. The van der Waals surface area contributed by atoms with E-state index in [1.54, 1.807) is 0 Å². The Kier molecular flexibility index (Phi) is 4.74. The summed E-state index contributed by atoms with van der Waals surface area (Å²) in [6, 6.07) is 8.90. The van der Waals surface area contributed by atoms with Gasteiger partial charge in [-0.05, 0) is 57.2 Å². The molecule has 0 aliphatic carbocycles. The number of hydrogen-bond donors (Lipinski definition) is 1. The molecular formula is C18H30N2. The molecule has 0 radical (unpaired) electrons. The molecular weight excluding hydrogens is 244 g/mol. The predicted molar refractivity (Wildman–Crippen MR) is 88.4 cm³/mol. The molecule has 2 unspecified atom stereocenters. The summed E-state index contributed by atoms with van der Waals surface area (Å²) in [5.74, 6) is 1.42. The number of para-hydroxylation sites is 1. The molecule has 2 rings (SSSR count). The van der Waals surface area contributed by atoms with E-state index in [9.17, 15) is 0 Å². The second kappa shape index (κ2) is 6.17. The molecule has 1 aromatic rings. The van der Waals surface area contributed by atoms with Crippen LogP contribution in [0.15, 0.2) is 24.3 Å². The summed E-state index contributed by atoms with van der Waals surface area (Å²) in [6.45, 7) is 14.8. The fraction of sp³-hybridized carbons (Fsp3) is 0.667. The van der Waals surface area contributed by atoms with Gasteiger partial charge in [-0.15, -0.1) is 0 Å². The largest absolute Gasteiger partial charge is 0.371 e. The normalized spacial score (nSPS) is 20.6. The van der Waals surface area contributed by atoms with Gasteiger partial charge < -0.3 is 10.2 Å². The lowest BCUT2D eigenvalue weighted by Crippen LogP contribution is -2.43. The van der Waals surface area contributed by atoms with Crippen molar-refractivity contribution in [2.45, 2.75) is 46.6 Å². The summed E-state index contributed by atoms with van der Waals surface area (Å²) >= 11 is 0. The molecule has 0 saturated heterocycles. The van der Waals surface area contributed by atoms with E-state index in [1.165, 1.54) is 24.2 Å². The summed E-state index contributed by atoms with van der Waals surface area (Å²) < 4.78 is 0. The fourth-order valence-corrected chi connectivity index (χ4v) is 3.00. The highest BCUT2D eigenvalue weighted by atomic mass is 15.1. The molecule has 2 atom stereocenters. The van der Waals surface area contributed by atoms with Crippen LogP contribution in [0.25, 0.3) is 0 Å². The Morgan fingerprint density at radius 2 is 2.00 bits per heavy atom. The maximum Gasteiger partial charge on any atom is 0.0399 e. The van der Waals surface area contributed by atoms with Gasteiger partial charge in [-0.2, -0.15) is 0 Å². The minimum Gasteiger partial charge on any atom is -0.371 e. The first-order chi connectivity index (χ1) is 9.35. The highest BCUT2D eigenvalue weighted by Gasteiger charge is 2.22. The Labute approximate surface area is 124 Å². The van der Waals surface area contributed by atoms with Crippen LogP contribution >= 0.6 is 0 Å². The molecule has 0 saturated carbocycles.